The summed E-state index contributed by atoms with van der Waals surface area (Å²) in [6.45, 7) is 4.32. The summed E-state index contributed by atoms with van der Waals surface area (Å²) in [5, 5.41) is 6.24. The minimum Gasteiger partial charge on any atom is -0.383 e. The summed E-state index contributed by atoms with van der Waals surface area (Å²) in [7, 11) is 1.57. The van der Waals surface area contributed by atoms with E-state index in [4.69, 9.17) is 4.74 Å². The summed E-state index contributed by atoms with van der Waals surface area (Å²) in [6.07, 6.45) is 4.28. The van der Waals surface area contributed by atoms with E-state index in [2.05, 4.69) is 22.5 Å². The minimum atomic E-state index is -0.471. The second-order valence-corrected chi connectivity index (χ2v) is 9.01. The number of rotatable bonds is 7. The number of urea groups is 1. The summed E-state index contributed by atoms with van der Waals surface area (Å²) in [4.78, 5) is 42.2. The molecule has 1 aromatic heterocycles. The number of benzene rings is 1. The fraction of sp³-hybridized carbons (Fsp3) is 0.545. The van der Waals surface area contributed by atoms with Crippen molar-refractivity contribution in [1.29, 1.82) is 0 Å². The van der Waals surface area contributed by atoms with Crippen LogP contribution in [0.15, 0.2) is 34.2 Å². The van der Waals surface area contributed by atoms with Crippen LogP contribution < -0.4 is 16.2 Å². The number of nitrogens with zero attached hydrogens (tertiary/aromatic N) is 2. The number of carbonyl (C=O) groups excluding carboxylic acids is 2. The Morgan fingerprint density at radius 3 is 2.77 bits per heavy atom. The first-order valence-corrected chi connectivity index (χ1v) is 11.6. The molecule has 2 aromatic rings. The molecule has 0 radical (unpaired) electrons. The van der Waals surface area contributed by atoms with Crippen molar-refractivity contribution in [1.82, 2.24) is 20.2 Å². The van der Waals surface area contributed by atoms with E-state index in [1.165, 1.54) is 6.42 Å². The molecule has 9 heteroatoms. The van der Waals surface area contributed by atoms with Gasteiger partial charge in [-0.1, -0.05) is 43.7 Å². The molecule has 1 heterocycles. The molecule has 0 saturated heterocycles. The van der Waals surface area contributed by atoms with E-state index in [-0.39, 0.29) is 23.4 Å². The minimum absolute atomic E-state index is 0.0296. The van der Waals surface area contributed by atoms with Gasteiger partial charge < -0.3 is 10.1 Å². The lowest BCUT2D eigenvalue weighted by molar-refractivity contribution is -0.117. The summed E-state index contributed by atoms with van der Waals surface area (Å²) in [5.74, 6) is -0.0558. The number of imide groups is 1. The lowest BCUT2D eigenvalue weighted by atomic mass is 9.86. The summed E-state index contributed by atoms with van der Waals surface area (Å²) in [6, 6.07) is 6.48. The van der Waals surface area contributed by atoms with Gasteiger partial charge in [0.05, 0.1) is 29.3 Å². The smallest absolute Gasteiger partial charge is 0.321 e. The SMILES string of the molecule is COC[C@H](C)n1c(SCC(=O)NC(=O)N[C@H]2CCCC[C@H]2C)nc2ccccc2c1=O. The number of ether oxygens (including phenoxy) is 1. The standard InChI is InChI=1S/C22H30N4O4S/c1-14-8-4-6-10-17(14)23-21(29)25-19(27)13-31-22-24-18-11-7-5-9-16(18)20(28)26(22)15(2)12-30-3/h5,7,9,11,14-15,17H,4,6,8,10,12-13H2,1-3H3,(H2,23,25,27,29)/t14-,15+,17+/m1/s1. The third-order valence-corrected chi connectivity index (χ3v) is 6.59. The van der Waals surface area contributed by atoms with E-state index in [0.29, 0.717) is 28.6 Å². The second kappa shape index (κ2) is 10.8. The van der Waals surface area contributed by atoms with Gasteiger partial charge in [0.15, 0.2) is 5.16 Å². The Labute approximate surface area is 186 Å². The molecular weight excluding hydrogens is 416 g/mol. The number of hydrogen-bond donors (Lipinski definition) is 2. The molecule has 1 saturated carbocycles. The predicted molar refractivity (Wildman–Crippen MR) is 121 cm³/mol. The van der Waals surface area contributed by atoms with E-state index in [0.717, 1.165) is 31.0 Å². The lowest BCUT2D eigenvalue weighted by Crippen LogP contribution is -2.48. The molecule has 3 rings (SSSR count). The molecule has 0 spiro atoms. The van der Waals surface area contributed by atoms with Crippen LogP contribution in [-0.2, 0) is 9.53 Å². The average molecular weight is 447 g/mol. The van der Waals surface area contributed by atoms with Gasteiger partial charge in [0.25, 0.3) is 5.56 Å². The number of methoxy groups -OCH3 is 1. The van der Waals surface area contributed by atoms with Crippen molar-refractivity contribution in [3.63, 3.8) is 0 Å². The van der Waals surface area contributed by atoms with E-state index in [9.17, 15) is 14.4 Å². The maximum absolute atomic E-state index is 13.0. The zero-order valence-electron chi connectivity index (χ0n) is 18.2. The fourth-order valence-electron chi connectivity index (χ4n) is 3.96. The van der Waals surface area contributed by atoms with Crippen LogP contribution in [0.25, 0.3) is 10.9 Å². The second-order valence-electron chi connectivity index (χ2n) is 8.07. The summed E-state index contributed by atoms with van der Waals surface area (Å²) in [5.41, 5.74) is 0.391. The van der Waals surface area contributed by atoms with Crippen LogP contribution >= 0.6 is 11.8 Å². The van der Waals surface area contributed by atoms with Gasteiger partial charge in [-0.2, -0.15) is 0 Å². The van der Waals surface area contributed by atoms with E-state index < -0.39 is 11.9 Å². The van der Waals surface area contributed by atoms with Gasteiger partial charge >= 0.3 is 6.03 Å². The van der Waals surface area contributed by atoms with Crippen LogP contribution in [0.4, 0.5) is 4.79 Å². The molecule has 3 amide bonds. The van der Waals surface area contributed by atoms with Crippen molar-refractivity contribution in [2.24, 2.45) is 5.92 Å². The highest BCUT2D eigenvalue weighted by molar-refractivity contribution is 7.99. The summed E-state index contributed by atoms with van der Waals surface area (Å²) >= 11 is 1.13. The monoisotopic (exact) mass is 446 g/mol. The number of aromatic nitrogens is 2. The van der Waals surface area contributed by atoms with Crippen LogP contribution in [0, 0.1) is 5.92 Å². The van der Waals surface area contributed by atoms with Gasteiger partial charge in [-0.25, -0.2) is 9.78 Å². The van der Waals surface area contributed by atoms with Gasteiger partial charge in [0.2, 0.25) is 5.91 Å². The molecule has 31 heavy (non-hydrogen) atoms. The van der Waals surface area contributed by atoms with Crippen LogP contribution in [-0.4, -0.2) is 47.0 Å². The molecule has 2 N–H and O–H groups in total. The molecule has 1 aromatic carbocycles. The number of amides is 3. The summed E-state index contributed by atoms with van der Waals surface area (Å²) < 4.78 is 6.76. The van der Waals surface area contributed by atoms with Gasteiger partial charge in [-0.3, -0.25) is 19.5 Å². The highest BCUT2D eigenvalue weighted by Gasteiger charge is 2.24. The van der Waals surface area contributed by atoms with Crippen molar-refractivity contribution >= 4 is 34.6 Å². The lowest BCUT2D eigenvalue weighted by Gasteiger charge is -2.29. The third-order valence-electron chi connectivity index (χ3n) is 5.64. The third kappa shape index (κ3) is 5.86. The van der Waals surface area contributed by atoms with Crippen molar-refractivity contribution in [2.75, 3.05) is 19.5 Å². The van der Waals surface area contributed by atoms with E-state index in [1.54, 1.807) is 29.9 Å². The maximum atomic E-state index is 13.0. The fourth-order valence-corrected chi connectivity index (χ4v) is 4.86. The molecule has 168 valence electrons. The van der Waals surface area contributed by atoms with Gasteiger partial charge in [0.1, 0.15) is 0 Å². The zero-order chi connectivity index (χ0) is 22.4. The van der Waals surface area contributed by atoms with Gasteiger partial charge in [0, 0.05) is 13.2 Å². The number of nitrogens with one attached hydrogen (secondary N) is 2. The number of para-hydroxylation sites is 1. The normalized spacial score (nSPS) is 19.7. The van der Waals surface area contributed by atoms with Gasteiger partial charge in [-0.05, 0) is 37.8 Å². The number of hydrogen-bond acceptors (Lipinski definition) is 6. The van der Waals surface area contributed by atoms with Gasteiger partial charge in [-0.15, -0.1) is 0 Å². The molecule has 0 aliphatic heterocycles. The largest absolute Gasteiger partial charge is 0.383 e. The zero-order valence-corrected chi connectivity index (χ0v) is 19.0. The Bertz CT molecular complexity index is 993. The number of fused-ring (bicyclic) bond motifs is 1. The van der Waals surface area contributed by atoms with Crippen LogP contribution in [0.2, 0.25) is 0 Å². The molecule has 0 unspecified atom stereocenters. The number of carbonyl (C=O) groups is 2. The van der Waals surface area contributed by atoms with Crippen molar-refractivity contribution in [2.45, 2.75) is 56.8 Å². The average Bonchev–Trinajstić information content (AvgIpc) is 2.74. The highest BCUT2D eigenvalue weighted by atomic mass is 32.2. The van der Waals surface area contributed by atoms with Crippen LogP contribution in [0.1, 0.15) is 45.6 Å². The van der Waals surface area contributed by atoms with E-state index >= 15 is 0 Å². The Balaban J connectivity index is 1.69. The van der Waals surface area contributed by atoms with Crippen LogP contribution in [0.5, 0.6) is 0 Å². The van der Waals surface area contributed by atoms with Crippen molar-refractivity contribution < 1.29 is 14.3 Å². The Morgan fingerprint density at radius 2 is 2.03 bits per heavy atom. The molecule has 1 aliphatic rings. The molecule has 1 fully saturated rings. The van der Waals surface area contributed by atoms with E-state index in [1.807, 2.05) is 13.0 Å². The Hall–Kier alpha value is -2.39. The predicted octanol–water partition coefficient (Wildman–Crippen LogP) is 3.10. The molecule has 0 bridgehead atoms. The Kier molecular flexibility index (Phi) is 8.09. The molecule has 8 nitrogen and oxygen atoms in total. The van der Waals surface area contributed by atoms with Crippen molar-refractivity contribution in [3.8, 4) is 0 Å². The topological polar surface area (TPSA) is 102 Å². The quantitative estimate of drug-likeness (QED) is 0.501. The van der Waals surface area contributed by atoms with Crippen LogP contribution in [0.3, 0.4) is 0 Å². The first-order valence-electron chi connectivity index (χ1n) is 10.6. The first-order chi connectivity index (χ1) is 14.9. The molecular formula is C22H30N4O4S. The first kappa shape index (κ1) is 23.3. The number of thioether (sulfide) groups is 1. The molecule has 1 aliphatic carbocycles. The highest BCUT2D eigenvalue weighted by Crippen LogP contribution is 2.24. The van der Waals surface area contributed by atoms with Crippen molar-refractivity contribution in [3.05, 3.63) is 34.6 Å². The Morgan fingerprint density at radius 1 is 1.29 bits per heavy atom. The molecule has 3 atom stereocenters. The maximum Gasteiger partial charge on any atom is 0.321 e.